The molecule has 0 bridgehead atoms. The summed E-state index contributed by atoms with van der Waals surface area (Å²) in [6.07, 6.45) is 1.57. The van der Waals surface area contributed by atoms with Crippen LogP contribution >= 0.6 is 43.5 Å². The average Bonchev–Trinajstić information content (AvgIpc) is 2.35. The number of carbonyl (C=O) groups is 1. The number of alkyl halides is 2. The standard InChI is InChI=1S/C6H7Br2ClO/c1-2-5(4(9)10)3-6(5,7)8/h2-3H2,1H3. The van der Waals surface area contributed by atoms with Gasteiger partial charge in [0, 0.05) is 0 Å². The van der Waals surface area contributed by atoms with Crippen molar-refractivity contribution in [2.24, 2.45) is 5.41 Å². The second-order valence-corrected chi connectivity index (χ2v) is 6.71. The molecule has 1 aliphatic rings. The van der Waals surface area contributed by atoms with Crippen molar-refractivity contribution in [3.8, 4) is 0 Å². The van der Waals surface area contributed by atoms with Crippen molar-refractivity contribution in [3.63, 3.8) is 0 Å². The van der Waals surface area contributed by atoms with Crippen molar-refractivity contribution in [3.05, 3.63) is 0 Å². The molecule has 0 N–H and O–H groups in total. The van der Waals surface area contributed by atoms with E-state index < -0.39 is 0 Å². The molecule has 4 heteroatoms. The highest BCUT2D eigenvalue weighted by atomic mass is 79.9. The second kappa shape index (κ2) is 2.46. The fourth-order valence-corrected chi connectivity index (χ4v) is 3.54. The van der Waals surface area contributed by atoms with Crippen LogP contribution in [-0.2, 0) is 4.79 Å². The molecule has 0 amide bonds. The van der Waals surface area contributed by atoms with Crippen molar-refractivity contribution in [2.45, 2.75) is 23.0 Å². The third-order valence-electron chi connectivity index (χ3n) is 2.08. The Kier molecular flexibility index (Phi) is 2.21. The van der Waals surface area contributed by atoms with Gasteiger partial charge in [0.2, 0.25) is 5.24 Å². The zero-order chi connectivity index (χ0) is 7.99. The maximum atomic E-state index is 10.9. The van der Waals surface area contributed by atoms with Gasteiger partial charge in [0.15, 0.2) is 0 Å². The number of rotatable bonds is 2. The van der Waals surface area contributed by atoms with Gasteiger partial charge >= 0.3 is 0 Å². The van der Waals surface area contributed by atoms with E-state index in [1.165, 1.54) is 0 Å². The molecule has 0 aliphatic heterocycles. The molecule has 0 heterocycles. The van der Waals surface area contributed by atoms with Gasteiger partial charge in [-0.05, 0) is 24.4 Å². The topological polar surface area (TPSA) is 17.1 Å². The summed E-state index contributed by atoms with van der Waals surface area (Å²) in [6, 6.07) is 0. The first kappa shape index (κ1) is 9.01. The lowest BCUT2D eigenvalue weighted by Crippen LogP contribution is -2.15. The van der Waals surface area contributed by atoms with E-state index in [1.807, 2.05) is 6.92 Å². The zero-order valence-corrected chi connectivity index (χ0v) is 9.38. The minimum absolute atomic E-state index is 0.222. The van der Waals surface area contributed by atoms with Crippen LogP contribution in [0.1, 0.15) is 19.8 Å². The maximum absolute atomic E-state index is 10.9. The van der Waals surface area contributed by atoms with Crippen molar-refractivity contribution in [1.29, 1.82) is 0 Å². The number of hydrogen-bond acceptors (Lipinski definition) is 1. The van der Waals surface area contributed by atoms with Gasteiger partial charge in [-0.2, -0.15) is 0 Å². The summed E-state index contributed by atoms with van der Waals surface area (Å²) in [4.78, 5) is 10.9. The highest BCUT2D eigenvalue weighted by Gasteiger charge is 2.68. The molecule has 1 fully saturated rings. The molecule has 0 aromatic rings. The van der Waals surface area contributed by atoms with Gasteiger partial charge in [0.25, 0.3) is 0 Å². The van der Waals surface area contributed by atoms with Crippen LogP contribution in [0, 0.1) is 5.41 Å². The van der Waals surface area contributed by atoms with Crippen LogP contribution in [0.3, 0.4) is 0 Å². The molecule has 1 aliphatic carbocycles. The molecule has 1 saturated carbocycles. The van der Waals surface area contributed by atoms with Crippen LogP contribution < -0.4 is 0 Å². The summed E-state index contributed by atoms with van der Waals surface area (Å²) < 4.78 is -0.222. The second-order valence-electron chi connectivity index (χ2n) is 2.59. The summed E-state index contributed by atoms with van der Waals surface area (Å²) in [5.74, 6) is 0. The fraction of sp³-hybridized carbons (Fsp3) is 0.833. The van der Waals surface area contributed by atoms with E-state index in [0.717, 1.165) is 12.8 Å². The van der Waals surface area contributed by atoms with Crippen LogP contribution in [-0.4, -0.2) is 8.48 Å². The molecule has 0 aromatic heterocycles. The summed E-state index contributed by atoms with van der Waals surface area (Å²) >= 11 is 12.2. The first-order chi connectivity index (χ1) is 4.46. The zero-order valence-electron chi connectivity index (χ0n) is 5.46. The van der Waals surface area contributed by atoms with Gasteiger partial charge in [-0.3, -0.25) is 4.79 Å². The predicted molar refractivity (Wildman–Crippen MR) is 48.8 cm³/mol. The normalized spacial score (nSPS) is 35.6. The minimum Gasteiger partial charge on any atom is -0.281 e. The van der Waals surface area contributed by atoms with E-state index in [1.54, 1.807) is 0 Å². The Bertz CT molecular complexity index is 181. The monoisotopic (exact) mass is 288 g/mol. The Morgan fingerprint density at radius 2 is 2.10 bits per heavy atom. The van der Waals surface area contributed by atoms with Gasteiger partial charge in [0.1, 0.15) is 0 Å². The van der Waals surface area contributed by atoms with Crippen molar-refractivity contribution in [1.82, 2.24) is 0 Å². The molecule has 0 radical (unpaired) electrons. The number of halogens is 3. The SMILES string of the molecule is CCC1(C(=O)Cl)CC1(Br)Br. The summed E-state index contributed by atoms with van der Waals surface area (Å²) in [5.41, 5.74) is -0.353. The van der Waals surface area contributed by atoms with E-state index in [-0.39, 0.29) is 13.9 Å². The Balaban J connectivity index is 2.78. The molecule has 10 heavy (non-hydrogen) atoms. The Hall–Kier alpha value is 0.920. The van der Waals surface area contributed by atoms with Gasteiger partial charge < -0.3 is 0 Å². The number of hydrogen-bond donors (Lipinski definition) is 0. The van der Waals surface area contributed by atoms with Crippen LogP contribution in [0.15, 0.2) is 0 Å². The Morgan fingerprint density at radius 3 is 2.10 bits per heavy atom. The molecule has 1 nitrogen and oxygen atoms in total. The smallest absolute Gasteiger partial charge is 0.230 e. The third kappa shape index (κ3) is 1.07. The van der Waals surface area contributed by atoms with E-state index in [9.17, 15) is 4.79 Å². The first-order valence-electron chi connectivity index (χ1n) is 3.04. The average molecular weight is 290 g/mol. The largest absolute Gasteiger partial charge is 0.281 e. The van der Waals surface area contributed by atoms with E-state index >= 15 is 0 Å². The van der Waals surface area contributed by atoms with Gasteiger partial charge in [0.05, 0.1) is 8.65 Å². The molecule has 1 unspecified atom stereocenters. The van der Waals surface area contributed by atoms with Crippen molar-refractivity contribution < 1.29 is 4.79 Å². The van der Waals surface area contributed by atoms with Gasteiger partial charge in [-0.15, -0.1) is 0 Å². The molecule has 0 saturated heterocycles. The van der Waals surface area contributed by atoms with Gasteiger partial charge in [-0.25, -0.2) is 0 Å². The fourth-order valence-electron chi connectivity index (χ4n) is 1.07. The summed E-state index contributed by atoms with van der Waals surface area (Å²) in [6.45, 7) is 1.96. The maximum Gasteiger partial charge on any atom is 0.230 e. The highest BCUT2D eigenvalue weighted by Crippen LogP contribution is 2.69. The lowest BCUT2D eigenvalue weighted by atomic mass is 10.1. The molecule has 1 atom stereocenters. The molecule has 1 rings (SSSR count). The van der Waals surface area contributed by atoms with Crippen LogP contribution in [0.4, 0.5) is 0 Å². The Labute approximate surface area is 81.8 Å². The van der Waals surface area contributed by atoms with Crippen LogP contribution in [0.2, 0.25) is 0 Å². The molecular formula is C6H7Br2ClO. The first-order valence-corrected chi connectivity index (χ1v) is 5.00. The summed E-state index contributed by atoms with van der Waals surface area (Å²) in [7, 11) is 0. The third-order valence-corrected chi connectivity index (χ3v) is 4.52. The van der Waals surface area contributed by atoms with Crippen LogP contribution in [0.25, 0.3) is 0 Å². The van der Waals surface area contributed by atoms with E-state index in [4.69, 9.17) is 11.6 Å². The summed E-state index contributed by atoms with van der Waals surface area (Å²) in [5, 5.41) is -0.247. The molecule has 0 spiro atoms. The van der Waals surface area contributed by atoms with Gasteiger partial charge in [-0.1, -0.05) is 38.8 Å². The predicted octanol–water partition coefficient (Wildman–Crippen LogP) is 3.04. The van der Waals surface area contributed by atoms with Crippen LogP contribution in [0.5, 0.6) is 0 Å². The molecule has 0 aromatic carbocycles. The Morgan fingerprint density at radius 1 is 1.70 bits per heavy atom. The quantitative estimate of drug-likeness (QED) is 0.564. The van der Waals surface area contributed by atoms with E-state index in [2.05, 4.69) is 31.9 Å². The lowest BCUT2D eigenvalue weighted by Gasteiger charge is -2.08. The lowest BCUT2D eigenvalue weighted by molar-refractivity contribution is -0.116. The minimum atomic E-state index is -0.353. The molecule has 58 valence electrons. The number of carbonyl (C=O) groups excluding carboxylic acids is 1. The van der Waals surface area contributed by atoms with E-state index in [0.29, 0.717) is 0 Å². The van der Waals surface area contributed by atoms with Crippen molar-refractivity contribution in [2.75, 3.05) is 0 Å². The molecular weight excluding hydrogens is 283 g/mol. The van der Waals surface area contributed by atoms with Crippen molar-refractivity contribution >= 4 is 48.7 Å². The highest BCUT2D eigenvalue weighted by molar-refractivity contribution is 9.25.